The highest BCUT2D eigenvalue weighted by Gasteiger charge is 2.22. The Labute approximate surface area is 196 Å². The average molecular weight is 485 g/mol. The van der Waals surface area contributed by atoms with Gasteiger partial charge in [0.15, 0.2) is 6.10 Å². The molecule has 0 fully saturated rings. The first-order chi connectivity index (χ1) is 16.1. The maximum Gasteiger partial charge on any atom is 0.338 e. The normalized spacial score (nSPS) is 14.1. The van der Waals surface area contributed by atoms with Gasteiger partial charge in [0.25, 0.3) is 11.5 Å². The van der Waals surface area contributed by atoms with Crippen LogP contribution >= 0.6 is 0 Å². The molecule has 178 valence electrons. The van der Waals surface area contributed by atoms with Gasteiger partial charge in [-0.1, -0.05) is 6.07 Å². The third-order valence-electron chi connectivity index (χ3n) is 5.59. The number of anilines is 1. The van der Waals surface area contributed by atoms with E-state index in [0.717, 1.165) is 10.7 Å². The molecule has 1 atom stereocenters. The van der Waals surface area contributed by atoms with Gasteiger partial charge in [-0.25, -0.2) is 22.5 Å². The molecule has 11 heteroatoms. The Morgan fingerprint density at radius 2 is 1.94 bits per heavy atom. The molecule has 0 spiro atoms. The molecule has 1 N–H and O–H groups in total. The zero-order chi connectivity index (χ0) is 24.6. The first kappa shape index (κ1) is 23.6. The van der Waals surface area contributed by atoms with Crippen LogP contribution in [0.25, 0.3) is 10.9 Å². The summed E-state index contributed by atoms with van der Waals surface area (Å²) in [7, 11) is -0.846. The first-order valence-corrected chi connectivity index (χ1v) is 12.1. The standard InChI is InChI=1S/C23H24N4O6S/c1-14(21(28)24-16-6-4-7-17(13-16)34(31,32)26(2)3)33-23(30)15-9-10-18-19(12-15)25-20-8-5-11-27(20)22(18)29/h4,6-7,9-10,12-14H,5,8,11H2,1-3H3,(H,24,28)/t14-/m0/s1. The number of ether oxygens (including phenoxy) is 1. The number of esters is 1. The van der Waals surface area contributed by atoms with E-state index >= 15 is 0 Å². The molecular formula is C23H24N4O6S. The van der Waals surface area contributed by atoms with Crippen LogP contribution in [0, 0.1) is 0 Å². The van der Waals surface area contributed by atoms with E-state index in [2.05, 4.69) is 10.3 Å². The number of nitrogens with zero attached hydrogens (tertiary/aromatic N) is 3. The molecule has 2 heterocycles. The van der Waals surface area contributed by atoms with E-state index in [1.54, 1.807) is 4.57 Å². The molecule has 0 bridgehead atoms. The monoisotopic (exact) mass is 484 g/mol. The minimum Gasteiger partial charge on any atom is -0.449 e. The number of benzene rings is 2. The summed E-state index contributed by atoms with van der Waals surface area (Å²) >= 11 is 0. The minimum absolute atomic E-state index is 0.0194. The van der Waals surface area contributed by atoms with Gasteiger partial charge in [0.1, 0.15) is 5.82 Å². The number of amides is 1. The number of fused-ring (bicyclic) bond motifs is 2. The van der Waals surface area contributed by atoms with E-state index < -0.39 is 28.0 Å². The minimum atomic E-state index is -3.67. The smallest absolute Gasteiger partial charge is 0.338 e. The fourth-order valence-corrected chi connectivity index (χ4v) is 4.63. The Hall–Kier alpha value is -3.57. The van der Waals surface area contributed by atoms with E-state index in [1.165, 1.54) is 63.5 Å². The highest BCUT2D eigenvalue weighted by molar-refractivity contribution is 7.89. The molecule has 0 saturated heterocycles. The van der Waals surface area contributed by atoms with Gasteiger partial charge in [0.2, 0.25) is 10.0 Å². The number of nitrogens with one attached hydrogen (secondary N) is 1. The fourth-order valence-electron chi connectivity index (χ4n) is 3.68. The Morgan fingerprint density at radius 1 is 1.18 bits per heavy atom. The Kier molecular flexibility index (Phi) is 6.24. The molecule has 4 rings (SSSR count). The average Bonchev–Trinajstić information content (AvgIpc) is 3.27. The van der Waals surface area contributed by atoms with Crippen LogP contribution in [0.3, 0.4) is 0 Å². The van der Waals surface area contributed by atoms with Gasteiger partial charge in [0.05, 0.1) is 21.4 Å². The van der Waals surface area contributed by atoms with Crippen LogP contribution < -0.4 is 10.9 Å². The van der Waals surface area contributed by atoms with Crippen molar-refractivity contribution in [2.24, 2.45) is 0 Å². The van der Waals surface area contributed by atoms with E-state index in [9.17, 15) is 22.8 Å². The molecule has 10 nitrogen and oxygen atoms in total. The summed E-state index contributed by atoms with van der Waals surface area (Å²) < 4.78 is 32.6. The lowest BCUT2D eigenvalue weighted by Crippen LogP contribution is -2.30. The summed E-state index contributed by atoms with van der Waals surface area (Å²) in [6.45, 7) is 2.05. The molecular weight excluding hydrogens is 460 g/mol. The van der Waals surface area contributed by atoms with Gasteiger partial charge < -0.3 is 10.1 Å². The van der Waals surface area contributed by atoms with E-state index in [1.807, 2.05) is 0 Å². The van der Waals surface area contributed by atoms with Gasteiger partial charge in [-0.3, -0.25) is 14.2 Å². The van der Waals surface area contributed by atoms with Crippen LogP contribution in [-0.4, -0.2) is 54.3 Å². The SMILES string of the molecule is C[C@H](OC(=O)c1ccc2c(=O)n3c(nc2c1)CCC3)C(=O)Nc1cccc(S(=O)(=O)N(C)C)c1. The lowest BCUT2D eigenvalue weighted by molar-refractivity contribution is -0.123. The molecule has 0 aliphatic carbocycles. The van der Waals surface area contributed by atoms with Crippen molar-refractivity contribution in [3.63, 3.8) is 0 Å². The number of aryl methyl sites for hydroxylation is 1. The van der Waals surface area contributed by atoms with Crippen molar-refractivity contribution >= 4 is 38.5 Å². The van der Waals surface area contributed by atoms with Crippen LogP contribution in [0.5, 0.6) is 0 Å². The molecule has 0 unspecified atom stereocenters. The third-order valence-corrected chi connectivity index (χ3v) is 7.40. The first-order valence-electron chi connectivity index (χ1n) is 10.7. The van der Waals surface area contributed by atoms with Crippen molar-refractivity contribution < 1.29 is 22.7 Å². The summed E-state index contributed by atoms with van der Waals surface area (Å²) in [5.74, 6) is -0.673. The van der Waals surface area contributed by atoms with Gasteiger partial charge in [-0.05, 0) is 49.7 Å². The number of rotatable bonds is 6. The highest BCUT2D eigenvalue weighted by Crippen LogP contribution is 2.19. The van der Waals surface area contributed by atoms with Gasteiger partial charge >= 0.3 is 5.97 Å². The molecule has 2 aromatic carbocycles. The molecule has 0 saturated carbocycles. The largest absolute Gasteiger partial charge is 0.449 e. The number of sulfonamides is 1. The quantitative estimate of drug-likeness (QED) is 0.528. The number of hydrogen-bond acceptors (Lipinski definition) is 7. The van der Waals surface area contributed by atoms with Crippen molar-refractivity contribution in [3.8, 4) is 0 Å². The Bertz CT molecular complexity index is 1460. The lowest BCUT2D eigenvalue weighted by atomic mass is 10.1. The van der Waals surface area contributed by atoms with Crippen LogP contribution in [-0.2, 0) is 32.5 Å². The van der Waals surface area contributed by atoms with Crippen molar-refractivity contribution in [3.05, 3.63) is 64.2 Å². The molecule has 3 aromatic rings. The summed E-state index contributed by atoms with van der Waals surface area (Å²) in [4.78, 5) is 42.3. The number of aromatic nitrogens is 2. The van der Waals surface area contributed by atoms with E-state index in [4.69, 9.17) is 4.74 Å². The molecule has 1 aliphatic rings. The second-order valence-corrected chi connectivity index (χ2v) is 10.3. The molecule has 1 aromatic heterocycles. The lowest BCUT2D eigenvalue weighted by Gasteiger charge is -2.15. The number of hydrogen-bond donors (Lipinski definition) is 1. The van der Waals surface area contributed by atoms with Gasteiger partial charge in [-0.15, -0.1) is 0 Å². The fraction of sp³-hybridized carbons (Fsp3) is 0.304. The van der Waals surface area contributed by atoms with Crippen molar-refractivity contribution in [2.45, 2.75) is 37.3 Å². The zero-order valence-corrected chi connectivity index (χ0v) is 19.8. The van der Waals surface area contributed by atoms with Gasteiger partial charge in [-0.2, -0.15) is 0 Å². The van der Waals surface area contributed by atoms with Crippen LogP contribution in [0.4, 0.5) is 5.69 Å². The van der Waals surface area contributed by atoms with Crippen molar-refractivity contribution in [2.75, 3.05) is 19.4 Å². The Morgan fingerprint density at radius 3 is 2.68 bits per heavy atom. The van der Waals surface area contributed by atoms with E-state index in [0.29, 0.717) is 29.7 Å². The third kappa shape index (κ3) is 4.44. The summed E-state index contributed by atoms with van der Waals surface area (Å²) in [5, 5.41) is 2.98. The molecule has 0 radical (unpaired) electrons. The maximum atomic E-state index is 12.6. The second-order valence-electron chi connectivity index (χ2n) is 8.17. The van der Waals surface area contributed by atoms with Crippen LogP contribution in [0.2, 0.25) is 0 Å². The second kappa shape index (κ2) is 8.99. The number of carbonyl (C=O) groups is 2. The highest BCUT2D eigenvalue weighted by atomic mass is 32.2. The molecule has 34 heavy (non-hydrogen) atoms. The molecule has 1 aliphatic heterocycles. The predicted molar refractivity (Wildman–Crippen MR) is 125 cm³/mol. The van der Waals surface area contributed by atoms with Gasteiger partial charge in [0, 0.05) is 32.7 Å². The van der Waals surface area contributed by atoms with E-state index in [-0.39, 0.29) is 21.7 Å². The van der Waals surface area contributed by atoms with Crippen LogP contribution in [0.1, 0.15) is 29.5 Å². The Balaban J connectivity index is 1.48. The zero-order valence-electron chi connectivity index (χ0n) is 18.9. The topological polar surface area (TPSA) is 128 Å². The van der Waals surface area contributed by atoms with Crippen LogP contribution in [0.15, 0.2) is 52.2 Å². The summed E-state index contributed by atoms with van der Waals surface area (Å²) in [6.07, 6.45) is 0.397. The summed E-state index contributed by atoms with van der Waals surface area (Å²) in [6, 6.07) is 10.3. The predicted octanol–water partition coefficient (Wildman–Crippen LogP) is 1.78. The maximum absolute atomic E-state index is 12.6. The van der Waals surface area contributed by atoms with Crippen molar-refractivity contribution in [1.82, 2.24) is 13.9 Å². The van der Waals surface area contributed by atoms with Crippen molar-refractivity contribution in [1.29, 1.82) is 0 Å². The summed E-state index contributed by atoms with van der Waals surface area (Å²) in [5.41, 5.74) is 0.688. The number of carbonyl (C=O) groups excluding carboxylic acids is 2. The molecule has 1 amide bonds.